The summed E-state index contributed by atoms with van der Waals surface area (Å²) >= 11 is 0. The largest absolute Gasteiger partial charge is 0.756 e. The van der Waals surface area contributed by atoms with Gasteiger partial charge >= 0.3 is 0 Å². The summed E-state index contributed by atoms with van der Waals surface area (Å²) < 4.78 is 39.5. The monoisotopic (exact) mass is 692 g/mol. The van der Waals surface area contributed by atoms with Crippen molar-refractivity contribution in [2.24, 2.45) is 5.73 Å². The third-order valence-corrected chi connectivity index (χ3v) is 8.79. The Labute approximate surface area is 278 Å². The number of hydrogen-bond acceptors (Lipinski definition) is 11. The van der Waals surface area contributed by atoms with Crippen molar-refractivity contribution in [1.29, 1.82) is 0 Å². The van der Waals surface area contributed by atoms with Gasteiger partial charge < -0.3 is 53.7 Å². The SMILES string of the molecule is CCCCCCCCCCCCCCCCCCOC[C@H](COP(=O)([O-])OCC[N+](C)(C)C)OC1OC(O)C(O)C(O)C1N.Cl. The van der Waals surface area contributed by atoms with Crippen LogP contribution in [-0.2, 0) is 27.8 Å². The molecule has 12 nitrogen and oxygen atoms in total. The van der Waals surface area contributed by atoms with E-state index in [1.54, 1.807) is 0 Å². The number of phosphoric ester groups is 1. The Balaban J connectivity index is 0.0000194. The zero-order valence-electron chi connectivity index (χ0n) is 28.4. The van der Waals surface area contributed by atoms with Gasteiger partial charge in [0.15, 0.2) is 12.6 Å². The average molecular weight is 693 g/mol. The third-order valence-electron chi connectivity index (χ3n) is 7.83. The Kier molecular flexibility index (Phi) is 26.1. The van der Waals surface area contributed by atoms with Crippen molar-refractivity contribution < 1.29 is 52.5 Å². The fourth-order valence-corrected chi connectivity index (χ4v) is 5.64. The molecule has 0 aromatic heterocycles. The number of aliphatic hydroxyl groups is 3. The molecule has 7 atom stereocenters. The number of nitrogens with zero attached hydrogens (tertiary/aromatic N) is 1. The van der Waals surface area contributed by atoms with Crippen LogP contribution in [0.2, 0.25) is 0 Å². The number of halogens is 1. The number of phosphoric acid groups is 1. The molecule has 0 aromatic rings. The molecular formula is C31H66ClN2O10P. The van der Waals surface area contributed by atoms with Gasteiger partial charge in [-0.15, -0.1) is 12.4 Å². The molecule has 0 amide bonds. The van der Waals surface area contributed by atoms with Crippen LogP contribution in [0.25, 0.3) is 0 Å². The van der Waals surface area contributed by atoms with E-state index in [9.17, 15) is 24.8 Å². The number of hydrogen-bond donors (Lipinski definition) is 4. The van der Waals surface area contributed by atoms with Gasteiger partial charge in [-0.2, -0.15) is 0 Å². The first-order valence-electron chi connectivity index (χ1n) is 17.0. The zero-order valence-corrected chi connectivity index (χ0v) is 30.1. The highest BCUT2D eigenvalue weighted by atomic mass is 35.5. The number of nitrogens with two attached hydrogens (primary N) is 1. The first-order chi connectivity index (χ1) is 20.9. The summed E-state index contributed by atoms with van der Waals surface area (Å²) in [6.45, 7) is 2.66. The summed E-state index contributed by atoms with van der Waals surface area (Å²) in [5.74, 6) is 0. The predicted octanol–water partition coefficient (Wildman–Crippen LogP) is 4.00. The third kappa shape index (κ3) is 23.1. The molecule has 0 aliphatic carbocycles. The molecule has 0 aromatic carbocycles. The van der Waals surface area contributed by atoms with Crippen LogP contribution in [0.4, 0.5) is 0 Å². The predicted molar refractivity (Wildman–Crippen MR) is 176 cm³/mol. The average Bonchev–Trinajstić information content (AvgIpc) is 2.95. The Morgan fingerprint density at radius 2 is 1.27 bits per heavy atom. The lowest BCUT2D eigenvalue weighted by molar-refractivity contribution is -0.870. The van der Waals surface area contributed by atoms with Gasteiger partial charge in [-0.05, 0) is 6.42 Å². The minimum absolute atomic E-state index is 0. The number of unbranched alkanes of at least 4 members (excludes halogenated alkanes) is 15. The number of ether oxygens (including phenoxy) is 3. The summed E-state index contributed by atoms with van der Waals surface area (Å²) in [5.41, 5.74) is 5.92. The van der Waals surface area contributed by atoms with Crippen molar-refractivity contribution in [3.8, 4) is 0 Å². The fraction of sp³-hybridized carbons (Fsp3) is 1.00. The minimum atomic E-state index is -4.62. The first-order valence-corrected chi connectivity index (χ1v) is 18.4. The summed E-state index contributed by atoms with van der Waals surface area (Å²) in [6, 6.07) is -1.18. The van der Waals surface area contributed by atoms with E-state index < -0.39 is 51.4 Å². The van der Waals surface area contributed by atoms with Crippen molar-refractivity contribution in [1.82, 2.24) is 0 Å². The van der Waals surface area contributed by atoms with Crippen molar-refractivity contribution >= 4 is 20.2 Å². The number of aliphatic hydroxyl groups excluding tert-OH is 3. The first kappa shape index (κ1) is 45.1. The molecule has 14 heteroatoms. The van der Waals surface area contributed by atoms with Gasteiger partial charge in [0.2, 0.25) is 0 Å². The smallest absolute Gasteiger partial charge is 0.268 e. The lowest BCUT2D eigenvalue weighted by Crippen LogP contribution is -2.62. The van der Waals surface area contributed by atoms with Crippen LogP contribution in [-0.4, -0.2) is 111 Å². The second-order valence-corrected chi connectivity index (χ2v) is 14.6. The highest BCUT2D eigenvalue weighted by molar-refractivity contribution is 7.45. The highest BCUT2D eigenvalue weighted by Gasteiger charge is 2.43. The molecule has 0 bridgehead atoms. The van der Waals surface area contributed by atoms with E-state index in [2.05, 4.69) is 6.92 Å². The van der Waals surface area contributed by atoms with Crippen LogP contribution in [0.3, 0.4) is 0 Å². The van der Waals surface area contributed by atoms with Crippen LogP contribution in [0.15, 0.2) is 0 Å². The minimum Gasteiger partial charge on any atom is -0.756 e. The highest BCUT2D eigenvalue weighted by Crippen LogP contribution is 2.38. The topological polar surface area (TPSA) is 173 Å². The molecule has 1 aliphatic rings. The van der Waals surface area contributed by atoms with Crippen molar-refractivity contribution in [2.75, 3.05) is 54.1 Å². The number of quaternary nitrogens is 1. The number of rotatable bonds is 28. The van der Waals surface area contributed by atoms with Crippen LogP contribution < -0.4 is 10.6 Å². The van der Waals surface area contributed by atoms with Gasteiger partial charge in [0.1, 0.15) is 31.5 Å². The van der Waals surface area contributed by atoms with Crippen LogP contribution in [0.5, 0.6) is 0 Å². The van der Waals surface area contributed by atoms with Gasteiger partial charge in [-0.3, -0.25) is 4.57 Å². The van der Waals surface area contributed by atoms with E-state index in [0.717, 1.165) is 19.3 Å². The van der Waals surface area contributed by atoms with E-state index in [1.165, 1.54) is 83.5 Å². The number of likely N-dealkylation sites (N-methyl/N-ethyl adjacent to an activating group) is 1. The van der Waals surface area contributed by atoms with Crippen LogP contribution >= 0.6 is 20.2 Å². The molecule has 272 valence electrons. The molecule has 1 aliphatic heterocycles. The molecule has 5 N–H and O–H groups in total. The maximum Gasteiger partial charge on any atom is 0.268 e. The fourth-order valence-electron chi connectivity index (χ4n) is 4.91. The van der Waals surface area contributed by atoms with E-state index in [0.29, 0.717) is 17.6 Å². The summed E-state index contributed by atoms with van der Waals surface area (Å²) in [4.78, 5) is 12.3. The summed E-state index contributed by atoms with van der Waals surface area (Å²) in [5, 5.41) is 29.7. The van der Waals surface area contributed by atoms with Crippen molar-refractivity contribution in [3.63, 3.8) is 0 Å². The maximum atomic E-state index is 12.3. The maximum absolute atomic E-state index is 12.3. The quantitative estimate of drug-likeness (QED) is 0.0530. The lowest BCUT2D eigenvalue weighted by atomic mass is 10.0. The Morgan fingerprint density at radius 1 is 0.778 bits per heavy atom. The van der Waals surface area contributed by atoms with E-state index >= 15 is 0 Å². The second-order valence-electron chi connectivity index (χ2n) is 13.2. The van der Waals surface area contributed by atoms with Gasteiger partial charge in [-0.1, -0.05) is 103 Å². The van der Waals surface area contributed by atoms with E-state index in [1.807, 2.05) is 21.1 Å². The van der Waals surface area contributed by atoms with Gasteiger partial charge in [0.05, 0.1) is 40.4 Å². The zero-order chi connectivity index (χ0) is 32.8. The van der Waals surface area contributed by atoms with Crippen LogP contribution in [0, 0.1) is 0 Å². The van der Waals surface area contributed by atoms with E-state index in [4.69, 9.17) is 29.0 Å². The Morgan fingerprint density at radius 3 is 1.76 bits per heavy atom. The van der Waals surface area contributed by atoms with Gasteiger partial charge in [0.25, 0.3) is 7.82 Å². The molecular weight excluding hydrogens is 627 g/mol. The lowest BCUT2D eigenvalue weighted by Gasteiger charge is -2.40. The molecule has 1 fully saturated rings. The summed E-state index contributed by atoms with van der Waals surface area (Å²) in [7, 11) is 1.11. The molecule has 1 rings (SSSR count). The Hall–Kier alpha value is 0.0800. The molecule has 1 saturated heterocycles. The van der Waals surface area contributed by atoms with Gasteiger partial charge in [-0.25, -0.2) is 0 Å². The standard InChI is InChI=1S/C31H65N2O10P.ClH/c1-5-6-7-8-9-10-11-12-13-14-15-16-17-18-19-20-22-39-24-26(25-41-44(37,38)40-23-21-33(2,3)4)42-31-27(32)28(34)29(35)30(36)43-31;/h26-31,34-36H,5-25,32H2,1-4H3;1H/t26-,27?,28?,29?,30?,31?;/m1./s1. The molecule has 45 heavy (non-hydrogen) atoms. The molecule has 0 radical (unpaired) electrons. The molecule has 1 heterocycles. The van der Waals surface area contributed by atoms with Gasteiger partial charge in [0, 0.05) is 6.61 Å². The van der Waals surface area contributed by atoms with Crippen LogP contribution in [0.1, 0.15) is 110 Å². The van der Waals surface area contributed by atoms with E-state index in [-0.39, 0.29) is 25.6 Å². The normalized spacial score (nSPS) is 24.2. The van der Waals surface area contributed by atoms with Crippen molar-refractivity contribution in [2.45, 2.75) is 147 Å². The Bertz CT molecular complexity index is 752. The molecule has 0 saturated carbocycles. The van der Waals surface area contributed by atoms with Crippen molar-refractivity contribution in [3.05, 3.63) is 0 Å². The molecule has 0 spiro atoms. The second kappa shape index (κ2) is 26.0. The summed E-state index contributed by atoms with van der Waals surface area (Å²) in [6.07, 6.45) is 13.3. The molecule has 6 unspecified atom stereocenters.